The SMILES string of the molecule is CC(CCN)C(C)c1cccs1. The highest BCUT2D eigenvalue weighted by Gasteiger charge is 2.13. The molecule has 0 spiro atoms. The summed E-state index contributed by atoms with van der Waals surface area (Å²) in [4.78, 5) is 1.48. The zero-order valence-electron chi connectivity index (χ0n) is 7.79. The van der Waals surface area contributed by atoms with Crippen molar-refractivity contribution in [3.63, 3.8) is 0 Å². The summed E-state index contributed by atoms with van der Waals surface area (Å²) < 4.78 is 0. The lowest BCUT2D eigenvalue weighted by Crippen LogP contribution is -2.11. The Morgan fingerprint density at radius 3 is 2.75 bits per heavy atom. The van der Waals surface area contributed by atoms with Crippen molar-refractivity contribution in [1.29, 1.82) is 0 Å². The smallest absolute Gasteiger partial charge is 0.00760 e. The van der Waals surface area contributed by atoms with E-state index in [9.17, 15) is 0 Å². The van der Waals surface area contributed by atoms with E-state index in [1.54, 1.807) is 0 Å². The molecular formula is C10H17NS. The van der Waals surface area contributed by atoms with Gasteiger partial charge in [-0.2, -0.15) is 0 Å². The van der Waals surface area contributed by atoms with Gasteiger partial charge in [-0.1, -0.05) is 19.9 Å². The minimum atomic E-state index is 0.661. The molecule has 12 heavy (non-hydrogen) atoms. The Morgan fingerprint density at radius 1 is 1.50 bits per heavy atom. The fraction of sp³-hybridized carbons (Fsp3) is 0.600. The lowest BCUT2D eigenvalue weighted by Gasteiger charge is -2.17. The fourth-order valence-electron chi connectivity index (χ4n) is 1.34. The topological polar surface area (TPSA) is 26.0 Å². The third-order valence-corrected chi connectivity index (χ3v) is 3.54. The first kappa shape index (κ1) is 9.75. The highest BCUT2D eigenvalue weighted by Crippen LogP contribution is 2.29. The standard InChI is InChI=1S/C10H17NS/c1-8(5-6-11)9(2)10-4-3-7-12-10/h3-4,7-9H,5-6,11H2,1-2H3. The second-order valence-corrected chi connectivity index (χ2v) is 4.34. The van der Waals surface area contributed by atoms with Crippen LogP contribution in [0, 0.1) is 5.92 Å². The van der Waals surface area contributed by atoms with Crippen LogP contribution in [0.5, 0.6) is 0 Å². The molecule has 0 saturated carbocycles. The third-order valence-electron chi connectivity index (χ3n) is 2.47. The Hall–Kier alpha value is -0.340. The maximum atomic E-state index is 5.52. The Morgan fingerprint density at radius 2 is 2.25 bits per heavy atom. The molecule has 0 bridgehead atoms. The van der Waals surface area contributed by atoms with Crippen molar-refractivity contribution in [2.45, 2.75) is 26.2 Å². The summed E-state index contributed by atoms with van der Waals surface area (Å²) in [5, 5.41) is 2.14. The van der Waals surface area contributed by atoms with Crippen LogP contribution in [0.1, 0.15) is 31.1 Å². The van der Waals surface area contributed by atoms with E-state index in [0.717, 1.165) is 13.0 Å². The Kier molecular flexibility index (Phi) is 3.76. The van der Waals surface area contributed by atoms with Crippen molar-refractivity contribution in [2.24, 2.45) is 11.7 Å². The summed E-state index contributed by atoms with van der Waals surface area (Å²) in [6.45, 7) is 5.36. The average Bonchev–Trinajstić information content (AvgIpc) is 2.55. The summed E-state index contributed by atoms with van der Waals surface area (Å²) in [7, 11) is 0. The molecule has 0 saturated heterocycles. The zero-order chi connectivity index (χ0) is 8.97. The highest BCUT2D eigenvalue weighted by atomic mass is 32.1. The predicted octanol–water partition coefficient (Wildman–Crippen LogP) is 2.84. The second-order valence-electron chi connectivity index (χ2n) is 3.36. The number of thiophene rings is 1. The van der Waals surface area contributed by atoms with Gasteiger partial charge < -0.3 is 5.73 Å². The van der Waals surface area contributed by atoms with E-state index < -0.39 is 0 Å². The van der Waals surface area contributed by atoms with Gasteiger partial charge in [-0.25, -0.2) is 0 Å². The van der Waals surface area contributed by atoms with Crippen molar-refractivity contribution >= 4 is 11.3 Å². The molecule has 1 rings (SSSR count). The Bertz CT molecular complexity index is 206. The van der Waals surface area contributed by atoms with Crippen molar-refractivity contribution < 1.29 is 0 Å². The average molecular weight is 183 g/mol. The summed E-state index contributed by atoms with van der Waals surface area (Å²) in [5.74, 6) is 1.36. The van der Waals surface area contributed by atoms with E-state index >= 15 is 0 Å². The molecular weight excluding hydrogens is 166 g/mol. The van der Waals surface area contributed by atoms with E-state index in [1.807, 2.05) is 11.3 Å². The Labute approximate surface area is 78.6 Å². The molecule has 1 heterocycles. The predicted molar refractivity (Wildman–Crippen MR) is 55.6 cm³/mol. The van der Waals surface area contributed by atoms with Gasteiger partial charge in [0, 0.05) is 4.88 Å². The minimum absolute atomic E-state index is 0.661. The van der Waals surface area contributed by atoms with Crippen LogP contribution in [0.2, 0.25) is 0 Å². The van der Waals surface area contributed by atoms with Crippen molar-refractivity contribution in [1.82, 2.24) is 0 Å². The lowest BCUT2D eigenvalue weighted by molar-refractivity contribution is 0.464. The van der Waals surface area contributed by atoms with Gasteiger partial charge in [-0.3, -0.25) is 0 Å². The quantitative estimate of drug-likeness (QED) is 0.763. The largest absolute Gasteiger partial charge is 0.330 e. The van der Waals surface area contributed by atoms with Crippen molar-refractivity contribution in [3.05, 3.63) is 22.4 Å². The molecule has 68 valence electrons. The van der Waals surface area contributed by atoms with Gasteiger partial charge in [0.1, 0.15) is 0 Å². The maximum absolute atomic E-state index is 5.52. The van der Waals surface area contributed by atoms with Crippen LogP contribution in [0.15, 0.2) is 17.5 Å². The molecule has 0 aliphatic heterocycles. The maximum Gasteiger partial charge on any atom is 0.00760 e. The molecule has 0 aliphatic rings. The van der Waals surface area contributed by atoms with E-state index in [1.165, 1.54) is 4.88 Å². The van der Waals surface area contributed by atoms with Gasteiger partial charge in [0.25, 0.3) is 0 Å². The molecule has 1 aromatic rings. The first-order chi connectivity index (χ1) is 5.75. The molecule has 0 radical (unpaired) electrons. The normalized spacial score (nSPS) is 15.9. The van der Waals surface area contributed by atoms with Crippen LogP contribution in [0.25, 0.3) is 0 Å². The van der Waals surface area contributed by atoms with Gasteiger partial charge in [0.2, 0.25) is 0 Å². The molecule has 0 aliphatic carbocycles. The summed E-state index contributed by atoms with van der Waals surface area (Å²) in [5.41, 5.74) is 5.52. The van der Waals surface area contributed by atoms with Gasteiger partial charge >= 0.3 is 0 Å². The fourth-order valence-corrected chi connectivity index (χ4v) is 2.26. The van der Waals surface area contributed by atoms with Crippen LogP contribution in [-0.2, 0) is 0 Å². The highest BCUT2D eigenvalue weighted by molar-refractivity contribution is 7.10. The van der Waals surface area contributed by atoms with Crippen LogP contribution in [0.4, 0.5) is 0 Å². The molecule has 0 aromatic carbocycles. The van der Waals surface area contributed by atoms with Gasteiger partial charge in [0.05, 0.1) is 0 Å². The summed E-state index contributed by atoms with van der Waals surface area (Å²) in [6.07, 6.45) is 1.12. The van der Waals surface area contributed by atoms with Gasteiger partial charge in [-0.05, 0) is 36.2 Å². The first-order valence-electron chi connectivity index (χ1n) is 4.49. The van der Waals surface area contributed by atoms with E-state index in [-0.39, 0.29) is 0 Å². The monoisotopic (exact) mass is 183 g/mol. The number of nitrogens with two attached hydrogens (primary N) is 1. The van der Waals surface area contributed by atoms with E-state index in [4.69, 9.17) is 5.73 Å². The second kappa shape index (κ2) is 4.63. The molecule has 2 unspecified atom stereocenters. The van der Waals surface area contributed by atoms with Crippen molar-refractivity contribution in [2.75, 3.05) is 6.54 Å². The van der Waals surface area contributed by atoms with Crippen LogP contribution < -0.4 is 5.73 Å². The lowest BCUT2D eigenvalue weighted by atomic mass is 9.92. The van der Waals surface area contributed by atoms with Crippen LogP contribution in [0.3, 0.4) is 0 Å². The van der Waals surface area contributed by atoms with Gasteiger partial charge in [0.15, 0.2) is 0 Å². The summed E-state index contributed by atoms with van der Waals surface area (Å²) in [6, 6.07) is 4.33. The molecule has 2 heteroatoms. The molecule has 0 fully saturated rings. The van der Waals surface area contributed by atoms with Crippen LogP contribution in [-0.4, -0.2) is 6.54 Å². The van der Waals surface area contributed by atoms with Crippen molar-refractivity contribution in [3.8, 4) is 0 Å². The number of hydrogen-bond donors (Lipinski definition) is 1. The molecule has 1 aromatic heterocycles. The first-order valence-corrected chi connectivity index (χ1v) is 5.37. The third kappa shape index (κ3) is 2.32. The Balaban J connectivity index is 2.53. The number of hydrogen-bond acceptors (Lipinski definition) is 2. The number of rotatable bonds is 4. The van der Waals surface area contributed by atoms with Crippen LogP contribution >= 0.6 is 11.3 Å². The molecule has 2 N–H and O–H groups in total. The zero-order valence-corrected chi connectivity index (χ0v) is 8.60. The molecule has 2 atom stereocenters. The molecule has 0 amide bonds. The van der Waals surface area contributed by atoms with E-state index in [0.29, 0.717) is 11.8 Å². The minimum Gasteiger partial charge on any atom is -0.330 e. The summed E-state index contributed by atoms with van der Waals surface area (Å²) >= 11 is 1.84. The molecule has 1 nitrogen and oxygen atoms in total. The van der Waals surface area contributed by atoms with E-state index in [2.05, 4.69) is 31.4 Å². The van der Waals surface area contributed by atoms with Gasteiger partial charge in [-0.15, -0.1) is 11.3 Å².